The molecule has 0 aromatic heterocycles. The molecule has 5 nitrogen and oxygen atoms in total. The number of quaternary nitrogens is 1. The lowest BCUT2D eigenvalue weighted by Crippen LogP contribution is -2.44. The van der Waals surface area contributed by atoms with Gasteiger partial charge in [0.15, 0.2) is 6.10 Å². The molecule has 30 heavy (non-hydrogen) atoms. The topological polar surface area (TPSA) is 63.6 Å². The van der Waals surface area contributed by atoms with Crippen molar-refractivity contribution in [3.63, 3.8) is 0 Å². The van der Waals surface area contributed by atoms with Crippen LogP contribution in [0.3, 0.4) is 0 Å². The summed E-state index contributed by atoms with van der Waals surface area (Å²) in [6, 6.07) is 0. The van der Waals surface area contributed by atoms with Crippen molar-refractivity contribution in [2.45, 2.75) is 110 Å². The van der Waals surface area contributed by atoms with Crippen LogP contribution in [0.2, 0.25) is 0 Å². The quantitative estimate of drug-likeness (QED) is 0.144. The smallest absolute Gasteiger partial charge is 0.309 e. The molecule has 0 aliphatic carbocycles. The van der Waals surface area contributed by atoms with Gasteiger partial charge in [0, 0.05) is 0 Å². The van der Waals surface area contributed by atoms with Crippen molar-refractivity contribution in [1.29, 1.82) is 0 Å². The van der Waals surface area contributed by atoms with Crippen LogP contribution in [0.15, 0.2) is 0 Å². The Labute approximate surface area is 191 Å². The Morgan fingerprint density at radius 3 is 1.67 bits per heavy atom. The average molecular weight is 451 g/mol. The fraction of sp³-hybridized carbons (Fsp3) is 0.917. The van der Waals surface area contributed by atoms with Crippen molar-refractivity contribution in [3.05, 3.63) is 0 Å². The molecule has 0 aliphatic rings. The summed E-state index contributed by atoms with van der Waals surface area (Å²) in [5.41, 5.74) is 0. The summed E-state index contributed by atoms with van der Waals surface area (Å²) in [5.74, 6) is -1.35. The van der Waals surface area contributed by atoms with Gasteiger partial charge in [-0.3, -0.25) is 9.59 Å². The molecule has 1 unspecified atom stereocenters. The maximum absolute atomic E-state index is 12.3. The number of aliphatic carboxylic acids is 1. The Hall–Kier alpha value is -0.810. The van der Waals surface area contributed by atoms with Crippen LogP contribution >= 0.6 is 12.4 Å². The van der Waals surface area contributed by atoms with Gasteiger partial charge >= 0.3 is 11.9 Å². The number of likely N-dealkylation sites (N-methyl/N-ethyl adjacent to an activating group) is 1. The third kappa shape index (κ3) is 20.5. The lowest BCUT2D eigenvalue weighted by atomic mass is 10.0. The van der Waals surface area contributed by atoms with Gasteiger partial charge in [0.1, 0.15) is 6.54 Å². The van der Waals surface area contributed by atoms with Crippen LogP contribution in [0.4, 0.5) is 0 Å². The van der Waals surface area contributed by atoms with Crippen molar-refractivity contribution < 1.29 is 23.9 Å². The van der Waals surface area contributed by atoms with E-state index >= 15 is 0 Å². The first-order valence-corrected chi connectivity index (χ1v) is 11.9. The molecule has 0 bridgehead atoms. The number of esters is 1. The van der Waals surface area contributed by atoms with Gasteiger partial charge in [-0.25, -0.2) is 0 Å². The number of hydrogen-bond acceptors (Lipinski definition) is 3. The van der Waals surface area contributed by atoms with E-state index in [1.165, 1.54) is 64.2 Å². The number of carboxylic acid groups (broad SMARTS) is 1. The van der Waals surface area contributed by atoms with Gasteiger partial charge in [-0.1, -0.05) is 90.9 Å². The van der Waals surface area contributed by atoms with Crippen molar-refractivity contribution in [1.82, 2.24) is 0 Å². The second-order valence-electron chi connectivity index (χ2n) is 9.71. The van der Waals surface area contributed by atoms with Crippen molar-refractivity contribution in [2.24, 2.45) is 5.92 Å². The molecule has 0 saturated heterocycles. The summed E-state index contributed by atoms with van der Waals surface area (Å²) in [4.78, 5) is 23.4. The molecule has 0 aromatic rings. The molecule has 0 radical (unpaired) electrons. The number of hydrogen-bond donors (Lipinski definition) is 1. The number of carbonyl (C=O) groups excluding carboxylic acids is 1. The van der Waals surface area contributed by atoms with Crippen LogP contribution in [0.1, 0.15) is 104 Å². The molecule has 0 rings (SSSR count). The van der Waals surface area contributed by atoms with E-state index in [1.54, 1.807) is 0 Å². The van der Waals surface area contributed by atoms with Gasteiger partial charge in [0.2, 0.25) is 0 Å². The summed E-state index contributed by atoms with van der Waals surface area (Å²) in [6.45, 7) is 4.65. The molecule has 0 saturated carbocycles. The van der Waals surface area contributed by atoms with Gasteiger partial charge in [-0.05, 0) is 6.42 Å². The van der Waals surface area contributed by atoms with Crippen LogP contribution in [0.25, 0.3) is 0 Å². The van der Waals surface area contributed by atoms with Crippen LogP contribution < -0.4 is 0 Å². The largest absolute Gasteiger partial charge is 0.481 e. The minimum atomic E-state index is -0.926. The maximum Gasteiger partial charge on any atom is 0.309 e. The summed E-state index contributed by atoms with van der Waals surface area (Å²) in [6.07, 6.45) is 15.8. The molecule has 0 spiro atoms. The van der Waals surface area contributed by atoms with E-state index in [2.05, 4.69) is 6.92 Å². The molecule has 6 heteroatoms. The highest BCUT2D eigenvalue weighted by Crippen LogP contribution is 2.16. The average Bonchev–Trinajstić information content (AvgIpc) is 2.60. The Bertz CT molecular complexity index is 437. The molecular formula is C24H49ClNO4+. The van der Waals surface area contributed by atoms with Crippen molar-refractivity contribution in [2.75, 3.05) is 27.7 Å². The normalized spacial score (nSPS) is 13.4. The van der Waals surface area contributed by atoms with Crippen LogP contribution in [-0.2, 0) is 14.3 Å². The number of carboxylic acids is 1. The van der Waals surface area contributed by atoms with Crippen LogP contribution in [0, 0.1) is 5.92 Å². The molecule has 0 fully saturated rings. The highest BCUT2D eigenvalue weighted by atomic mass is 35.5. The lowest BCUT2D eigenvalue weighted by molar-refractivity contribution is -0.873. The molecule has 0 aliphatic heterocycles. The number of ether oxygens (including phenoxy) is 1. The minimum absolute atomic E-state index is 0. The number of carbonyl (C=O) groups is 2. The molecule has 0 aromatic carbocycles. The number of nitrogens with zero attached hydrogens (tertiary/aromatic N) is 1. The van der Waals surface area contributed by atoms with Gasteiger partial charge in [0.25, 0.3) is 0 Å². The van der Waals surface area contributed by atoms with E-state index in [0.717, 1.165) is 19.3 Å². The number of unbranched alkanes of at least 4 members (excludes halogenated alkanes) is 11. The minimum Gasteiger partial charge on any atom is -0.481 e. The number of halogens is 1. The SMILES string of the molecule is CCCCCCCCCCCCCCC(C)C(=O)O[C@@H](CC(=O)O)C[N+](C)(C)C.Cl. The predicted molar refractivity (Wildman–Crippen MR) is 127 cm³/mol. The van der Waals surface area contributed by atoms with E-state index in [4.69, 9.17) is 9.84 Å². The van der Waals surface area contributed by atoms with E-state index < -0.39 is 12.1 Å². The van der Waals surface area contributed by atoms with Gasteiger partial charge in [-0.2, -0.15) is 0 Å². The monoisotopic (exact) mass is 450 g/mol. The van der Waals surface area contributed by atoms with E-state index in [0.29, 0.717) is 11.0 Å². The molecule has 0 amide bonds. The second kappa shape index (κ2) is 18.9. The fourth-order valence-corrected chi connectivity index (χ4v) is 3.64. The summed E-state index contributed by atoms with van der Waals surface area (Å²) < 4.78 is 6.09. The molecule has 180 valence electrons. The highest BCUT2D eigenvalue weighted by Gasteiger charge is 2.26. The zero-order chi connectivity index (χ0) is 22.1. The first-order chi connectivity index (χ1) is 13.7. The highest BCUT2D eigenvalue weighted by molar-refractivity contribution is 5.85. The van der Waals surface area contributed by atoms with Gasteiger partial charge in [0.05, 0.1) is 33.5 Å². The third-order valence-electron chi connectivity index (χ3n) is 5.33. The van der Waals surface area contributed by atoms with Crippen molar-refractivity contribution in [3.8, 4) is 0 Å². The first-order valence-electron chi connectivity index (χ1n) is 11.9. The zero-order valence-corrected chi connectivity index (χ0v) is 21.1. The Morgan fingerprint density at radius 1 is 0.833 bits per heavy atom. The van der Waals surface area contributed by atoms with E-state index in [1.807, 2.05) is 28.1 Å². The van der Waals surface area contributed by atoms with Crippen molar-refractivity contribution >= 4 is 24.3 Å². The Kier molecular flexibility index (Phi) is 19.8. The second-order valence-corrected chi connectivity index (χ2v) is 9.71. The van der Waals surface area contributed by atoms with Gasteiger partial charge < -0.3 is 14.3 Å². The number of rotatable bonds is 19. The summed E-state index contributed by atoms with van der Waals surface area (Å²) in [5, 5.41) is 9.06. The van der Waals surface area contributed by atoms with E-state index in [-0.39, 0.29) is 30.7 Å². The van der Waals surface area contributed by atoms with E-state index in [9.17, 15) is 9.59 Å². The Balaban J connectivity index is 0. The standard InChI is InChI=1S/C24H47NO4.ClH/c1-6-7-8-9-10-11-12-13-14-15-16-17-18-21(2)24(28)29-22(19-23(26)27)20-25(3,4)5;/h21-22H,6-20H2,1-5H3;1H/p+1/t21?,22-;/m0./s1. The zero-order valence-electron chi connectivity index (χ0n) is 20.3. The summed E-state index contributed by atoms with van der Waals surface area (Å²) in [7, 11) is 5.91. The molecular weight excluding hydrogens is 402 g/mol. The van der Waals surface area contributed by atoms with Crippen LogP contribution in [0.5, 0.6) is 0 Å². The lowest BCUT2D eigenvalue weighted by Gasteiger charge is -2.29. The first kappa shape index (κ1) is 31.4. The Morgan fingerprint density at radius 2 is 1.27 bits per heavy atom. The summed E-state index contributed by atoms with van der Waals surface area (Å²) >= 11 is 0. The van der Waals surface area contributed by atoms with Gasteiger partial charge in [-0.15, -0.1) is 12.4 Å². The van der Waals surface area contributed by atoms with Crippen LogP contribution in [-0.4, -0.2) is 55.3 Å². The fourth-order valence-electron chi connectivity index (χ4n) is 3.64. The molecule has 0 heterocycles. The molecule has 2 atom stereocenters. The predicted octanol–water partition coefficient (Wildman–Crippen LogP) is 6.23. The third-order valence-corrected chi connectivity index (χ3v) is 5.33. The molecule has 1 N–H and O–H groups in total. The maximum atomic E-state index is 12.3.